The highest BCUT2D eigenvalue weighted by molar-refractivity contribution is 8.00. The number of aryl methyl sites for hydroxylation is 1. The molecule has 1 N–H and O–H groups in total. The van der Waals surface area contributed by atoms with Crippen molar-refractivity contribution >= 4 is 46.4 Å². The molecule has 3 rings (SSSR count). The first-order chi connectivity index (χ1) is 12.2. The van der Waals surface area contributed by atoms with Crippen LogP contribution in [0.25, 0.3) is 10.9 Å². The second-order valence-electron chi connectivity index (χ2n) is 5.42. The molecule has 3 aromatic rings. The molecule has 1 heterocycles. The molecule has 0 fully saturated rings. The van der Waals surface area contributed by atoms with Crippen LogP contribution in [0.15, 0.2) is 64.7 Å². The molecular weight excluding hydrogens is 354 g/mol. The number of amides is 1. The third-order valence-corrected chi connectivity index (χ3v) is 5.00. The van der Waals surface area contributed by atoms with Crippen LogP contribution in [0.5, 0.6) is 0 Å². The first-order valence-corrected chi connectivity index (χ1v) is 9.32. The Morgan fingerprint density at radius 3 is 2.76 bits per heavy atom. The van der Waals surface area contributed by atoms with E-state index < -0.39 is 0 Å². The molecule has 1 aromatic heterocycles. The summed E-state index contributed by atoms with van der Waals surface area (Å²) >= 11 is 7.29. The Hall–Kier alpha value is -2.24. The van der Waals surface area contributed by atoms with E-state index in [2.05, 4.69) is 34.2 Å². The van der Waals surface area contributed by atoms with E-state index in [0.717, 1.165) is 27.9 Å². The number of benzene rings is 2. The van der Waals surface area contributed by atoms with E-state index in [4.69, 9.17) is 11.6 Å². The number of hydrogen-bond donors (Lipinski definition) is 1. The van der Waals surface area contributed by atoms with Crippen LogP contribution in [0.2, 0.25) is 5.02 Å². The van der Waals surface area contributed by atoms with Crippen LogP contribution < -0.4 is 5.43 Å². The van der Waals surface area contributed by atoms with E-state index in [0.29, 0.717) is 10.8 Å². The van der Waals surface area contributed by atoms with Crippen molar-refractivity contribution in [1.82, 2.24) is 9.99 Å². The fourth-order valence-electron chi connectivity index (χ4n) is 2.53. The van der Waals surface area contributed by atoms with E-state index in [9.17, 15) is 4.79 Å². The highest BCUT2D eigenvalue weighted by atomic mass is 35.5. The first-order valence-electron chi connectivity index (χ1n) is 7.95. The zero-order valence-corrected chi connectivity index (χ0v) is 15.3. The van der Waals surface area contributed by atoms with E-state index in [1.54, 1.807) is 6.21 Å². The van der Waals surface area contributed by atoms with Gasteiger partial charge >= 0.3 is 0 Å². The second-order valence-corrected chi connectivity index (χ2v) is 6.91. The molecule has 0 bridgehead atoms. The van der Waals surface area contributed by atoms with Gasteiger partial charge < -0.3 is 4.57 Å². The van der Waals surface area contributed by atoms with Crippen molar-refractivity contribution in [3.8, 4) is 0 Å². The molecule has 0 aliphatic carbocycles. The molecule has 0 saturated heterocycles. The fraction of sp³-hybridized carbons (Fsp3) is 0.158. The lowest BCUT2D eigenvalue weighted by atomic mass is 10.2. The zero-order chi connectivity index (χ0) is 17.6. The van der Waals surface area contributed by atoms with Crippen molar-refractivity contribution in [2.45, 2.75) is 18.4 Å². The maximum Gasteiger partial charge on any atom is 0.250 e. The number of hydrazone groups is 1. The Balaban J connectivity index is 1.59. The minimum atomic E-state index is -0.143. The lowest BCUT2D eigenvalue weighted by Crippen LogP contribution is -2.19. The molecule has 0 saturated carbocycles. The summed E-state index contributed by atoms with van der Waals surface area (Å²) in [6.07, 6.45) is 3.74. The van der Waals surface area contributed by atoms with Crippen molar-refractivity contribution in [3.05, 3.63) is 65.3 Å². The summed E-state index contributed by atoms with van der Waals surface area (Å²) in [5.74, 6) is 0.158. The van der Waals surface area contributed by atoms with Crippen LogP contribution in [0.3, 0.4) is 0 Å². The van der Waals surface area contributed by atoms with Gasteiger partial charge in [-0.05, 0) is 37.3 Å². The van der Waals surface area contributed by atoms with E-state index in [1.165, 1.54) is 11.8 Å². The second kappa shape index (κ2) is 8.23. The van der Waals surface area contributed by atoms with Crippen molar-refractivity contribution in [1.29, 1.82) is 0 Å². The van der Waals surface area contributed by atoms with Crippen LogP contribution in [-0.2, 0) is 11.3 Å². The topological polar surface area (TPSA) is 46.4 Å². The molecule has 1 amide bonds. The minimum absolute atomic E-state index is 0.143. The number of rotatable bonds is 6. The number of nitrogens with one attached hydrogen (secondary N) is 1. The average Bonchev–Trinajstić information content (AvgIpc) is 2.99. The standard InChI is InChI=1S/C19H18ClN3OS/c1-2-23-12-14(17-5-3-4-6-18(17)23)11-21-22-19(24)13-25-16-9-7-15(20)8-10-16/h3-12H,2,13H2,1H3,(H,22,24)/b21-11-. The third-order valence-electron chi connectivity index (χ3n) is 3.74. The van der Waals surface area contributed by atoms with Gasteiger partial charge in [-0.2, -0.15) is 5.10 Å². The maximum absolute atomic E-state index is 11.9. The van der Waals surface area contributed by atoms with Gasteiger partial charge in [-0.25, -0.2) is 5.43 Å². The Bertz CT molecular complexity index is 903. The summed E-state index contributed by atoms with van der Waals surface area (Å²) in [5, 5.41) is 5.90. The first kappa shape index (κ1) is 17.6. The normalized spacial score (nSPS) is 11.3. The lowest BCUT2D eigenvalue weighted by molar-refractivity contribution is -0.118. The predicted molar refractivity (Wildman–Crippen MR) is 106 cm³/mol. The van der Waals surface area contributed by atoms with Crippen molar-refractivity contribution in [2.24, 2.45) is 5.10 Å². The van der Waals surface area contributed by atoms with Gasteiger partial charge in [0.05, 0.1) is 12.0 Å². The quantitative estimate of drug-likeness (QED) is 0.392. The maximum atomic E-state index is 11.9. The number of aromatic nitrogens is 1. The highest BCUT2D eigenvalue weighted by Gasteiger charge is 2.05. The molecule has 25 heavy (non-hydrogen) atoms. The zero-order valence-electron chi connectivity index (χ0n) is 13.8. The summed E-state index contributed by atoms with van der Waals surface area (Å²) in [5.41, 5.74) is 4.73. The number of carbonyl (C=O) groups is 1. The number of thioether (sulfide) groups is 1. The number of nitrogens with zero attached hydrogens (tertiary/aromatic N) is 2. The van der Waals surface area contributed by atoms with E-state index >= 15 is 0 Å². The third kappa shape index (κ3) is 4.44. The Labute approximate surface area is 155 Å². The molecule has 0 atom stereocenters. The molecule has 2 aromatic carbocycles. The lowest BCUT2D eigenvalue weighted by Gasteiger charge is -2.01. The van der Waals surface area contributed by atoms with Crippen LogP contribution in [-0.4, -0.2) is 22.4 Å². The molecule has 6 heteroatoms. The molecule has 0 aliphatic heterocycles. The number of fused-ring (bicyclic) bond motifs is 1. The molecule has 0 unspecified atom stereocenters. The van der Waals surface area contributed by atoms with Crippen LogP contribution in [0.4, 0.5) is 0 Å². The molecule has 0 spiro atoms. The largest absolute Gasteiger partial charge is 0.347 e. The summed E-state index contributed by atoms with van der Waals surface area (Å²) in [4.78, 5) is 12.9. The number of halogens is 1. The Morgan fingerprint density at radius 1 is 1.24 bits per heavy atom. The smallest absolute Gasteiger partial charge is 0.250 e. The highest BCUT2D eigenvalue weighted by Crippen LogP contribution is 2.21. The van der Waals surface area contributed by atoms with Crippen LogP contribution in [0.1, 0.15) is 12.5 Å². The Kier molecular flexibility index (Phi) is 5.79. The van der Waals surface area contributed by atoms with Gasteiger partial charge in [0, 0.05) is 39.1 Å². The number of para-hydroxylation sites is 1. The van der Waals surface area contributed by atoms with Crippen molar-refractivity contribution in [2.75, 3.05) is 5.75 Å². The molecular formula is C19H18ClN3OS. The summed E-state index contributed by atoms with van der Waals surface area (Å²) < 4.78 is 2.16. The van der Waals surface area contributed by atoms with Gasteiger partial charge in [0.15, 0.2) is 0 Å². The van der Waals surface area contributed by atoms with Crippen molar-refractivity contribution in [3.63, 3.8) is 0 Å². The molecule has 0 aliphatic rings. The van der Waals surface area contributed by atoms with Gasteiger partial charge in [0.25, 0.3) is 0 Å². The summed E-state index contributed by atoms with van der Waals surface area (Å²) in [6.45, 7) is 2.99. The van der Waals surface area contributed by atoms with Gasteiger partial charge in [-0.15, -0.1) is 11.8 Å². The minimum Gasteiger partial charge on any atom is -0.347 e. The van der Waals surface area contributed by atoms with Crippen molar-refractivity contribution < 1.29 is 4.79 Å². The van der Waals surface area contributed by atoms with Gasteiger partial charge in [-0.1, -0.05) is 29.8 Å². The van der Waals surface area contributed by atoms with Gasteiger partial charge in [0.1, 0.15) is 0 Å². The molecule has 4 nitrogen and oxygen atoms in total. The van der Waals surface area contributed by atoms with Gasteiger partial charge in [0.2, 0.25) is 5.91 Å². The molecule has 128 valence electrons. The number of carbonyl (C=O) groups excluding carboxylic acids is 1. The van der Waals surface area contributed by atoms with Crippen LogP contribution >= 0.6 is 23.4 Å². The van der Waals surface area contributed by atoms with Crippen LogP contribution in [0, 0.1) is 0 Å². The summed E-state index contributed by atoms with van der Waals surface area (Å²) in [6, 6.07) is 15.6. The Morgan fingerprint density at radius 2 is 2.00 bits per heavy atom. The fourth-order valence-corrected chi connectivity index (χ4v) is 3.34. The SMILES string of the molecule is CCn1cc(/C=N\NC(=O)CSc2ccc(Cl)cc2)c2ccccc21. The monoisotopic (exact) mass is 371 g/mol. The summed E-state index contributed by atoms with van der Waals surface area (Å²) in [7, 11) is 0. The molecule has 0 radical (unpaired) electrons. The average molecular weight is 372 g/mol. The van der Waals surface area contributed by atoms with E-state index in [-0.39, 0.29) is 5.91 Å². The van der Waals surface area contributed by atoms with E-state index in [1.807, 2.05) is 42.6 Å². The number of hydrogen-bond acceptors (Lipinski definition) is 3. The predicted octanol–water partition coefficient (Wildman–Crippen LogP) is 4.56. The van der Waals surface area contributed by atoms with Gasteiger partial charge in [-0.3, -0.25) is 4.79 Å².